The monoisotopic (exact) mass is 281 g/mol. The molecule has 1 fully saturated rings. The van der Waals surface area contributed by atoms with E-state index in [2.05, 4.69) is 4.90 Å². The number of hydrogen-bond donors (Lipinski definition) is 1. The van der Waals surface area contributed by atoms with Gasteiger partial charge in [-0.05, 0) is 43.1 Å². The van der Waals surface area contributed by atoms with Crippen LogP contribution in [0.1, 0.15) is 25.0 Å². The van der Waals surface area contributed by atoms with E-state index in [0.29, 0.717) is 24.5 Å². The smallest absolute Gasteiger partial charge is 0.197 e. The number of hydrogen-bond acceptors (Lipinski definition) is 4. The standard InChI is InChI=1S/C15H20FNO3/c1-10(9-17-3-2-4-17)14(18)11-7-12(16)15-13(8-11)19-5-6-20-15/h7-8,10,14,18H,2-6,9H2,1H3/t10-,14+/m1/s1. The van der Waals surface area contributed by atoms with E-state index in [0.717, 1.165) is 19.6 Å². The van der Waals surface area contributed by atoms with Gasteiger partial charge in [0.25, 0.3) is 0 Å². The summed E-state index contributed by atoms with van der Waals surface area (Å²) in [5, 5.41) is 10.4. The van der Waals surface area contributed by atoms with Crippen LogP contribution in [0, 0.1) is 11.7 Å². The number of likely N-dealkylation sites (tertiary alicyclic amines) is 1. The Kier molecular flexibility index (Phi) is 3.81. The number of rotatable bonds is 4. The summed E-state index contributed by atoms with van der Waals surface area (Å²) < 4.78 is 24.6. The van der Waals surface area contributed by atoms with Crippen LogP contribution in [0.3, 0.4) is 0 Å². The van der Waals surface area contributed by atoms with Crippen LogP contribution in [0.2, 0.25) is 0 Å². The van der Waals surface area contributed by atoms with E-state index in [4.69, 9.17) is 9.47 Å². The van der Waals surface area contributed by atoms with E-state index in [9.17, 15) is 9.50 Å². The lowest BCUT2D eigenvalue weighted by molar-refractivity contribution is 0.0669. The molecule has 3 rings (SSSR count). The van der Waals surface area contributed by atoms with Crippen LogP contribution in [0.15, 0.2) is 12.1 Å². The molecule has 0 amide bonds. The van der Waals surface area contributed by atoms with E-state index in [1.165, 1.54) is 12.5 Å². The second kappa shape index (κ2) is 5.58. The van der Waals surface area contributed by atoms with Crippen molar-refractivity contribution in [3.63, 3.8) is 0 Å². The number of aliphatic hydroxyl groups is 1. The minimum absolute atomic E-state index is 0.0530. The molecule has 20 heavy (non-hydrogen) atoms. The van der Waals surface area contributed by atoms with Gasteiger partial charge in [0.05, 0.1) is 6.10 Å². The Morgan fingerprint density at radius 3 is 2.75 bits per heavy atom. The highest BCUT2D eigenvalue weighted by Gasteiger charge is 2.25. The largest absolute Gasteiger partial charge is 0.486 e. The van der Waals surface area contributed by atoms with Crippen molar-refractivity contribution in [2.45, 2.75) is 19.4 Å². The van der Waals surface area contributed by atoms with Crippen molar-refractivity contribution in [1.29, 1.82) is 0 Å². The quantitative estimate of drug-likeness (QED) is 0.916. The molecule has 110 valence electrons. The summed E-state index contributed by atoms with van der Waals surface area (Å²) in [4.78, 5) is 2.29. The third kappa shape index (κ3) is 2.60. The summed E-state index contributed by atoms with van der Waals surface area (Å²) in [7, 11) is 0. The predicted octanol–water partition coefficient (Wildman–Crippen LogP) is 1.97. The molecule has 0 saturated carbocycles. The maximum atomic E-state index is 14.0. The van der Waals surface area contributed by atoms with Gasteiger partial charge in [-0.25, -0.2) is 4.39 Å². The highest BCUT2D eigenvalue weighted by Crippen LogP contribution is 2.37. The van der Waals surface area contributed by atoms with Gasteiger partial charge >= 0.3 is 0 Å². The molecule has 0 unspecified atom stereocenters. The van der Waals surface area contributed by atoms with Gasteiger partial charge in [-0.2, -0.15) is 0 Å². The Hall–Kier alpha value is -1.33. The van der Waals surface area contributed by atoms with Gasteiger partial charge in [-0.15, -0.1) is 0 Å². The van der Waals surface area contributed by atoms with E-state index >= 15 is 0 Å². The zero-order valence-electron chi connectivity index (χ0n) is 11.6. The van der Waals surface area contributed by atoms with Gasteiger partial charge in [-0.1, -0.05) is 6.92 Å². The fourth-order valence-corrected chi connectivity index (χ4v) is 2.70. The Balaban J connectivity index is 1.76. The third-order valence-electron chi connectivity index (χ3n) is 3.99. The molecule has 5 heteroatoms. The minimum Gasteiger partial charge on any atom is -0.486 e. The zero-order valence-corrected chi connectivity index (χ0v) is 11.6. The van der Waals surface area contributed by atoms with Crippen molar-refractivity contribution in [2.24, 2.45) is 5.92 Å². The molecule has 0 aliphatic carbocycles. The second-order valence-corrected chi connectivity index (χ2v) is 5.60. The zero-order chi connectivity index (χ0) is 14.1. The number of fused-ring (bicyclic) bond motifs is 1. The summed E-state index contributed by atoms with van der Waals surface area (Å²) in [6, 6.07) is 3.04. The molecule has 0 aromatic heterocycles. The molecule has 4 nitrogen and oxygen atoms in total. The van der Waals surface area contributed by atoms with Crippen LogP contribution in [0.25, 0.3) is 0 Å². The molecule has 0 spiro atoms. The maximum absolute atomic E-state index is 14.0. The van der Waals surface area contributed by atoms with Crippen molar-refractivity contribution in [3.05, 3.63) is 23.5 Å². The van der Waals surface area contributed by atoms with Gasteiger partial charge < -0.3 is 19.5 Å². The van der Waals surface area contributed by atoms with E-state index < -0.39 is 11.9 Å². The topological polar surface area (TPSA) is 41.9 Å². The normalized spacial score (nSPS) is 21.1. The van der Waals surface area contributed by atoms with Gasteiger partial charge in [0.1, 0.15) is 13.2 Å². The molecule has 2 atom stereocenters. The minimum atomic E-state index is -0.694. The Morgan fingerprint density at radius 2 is 2.05 bits per heavy atom. The summed E-state index contributed by atoms with van der Waals surface area (Å²) in [5.41, 5.74) is 0.555. The Bertz CT molecular complexity index is 490. The molecule has 0 radical (unpaired) electrons. The van der Waals surface area contributed by atoms with Crippen LogP contribution in [0.5, 0.6) is 11.5 Å². The molecule has 2 aliphatic heterocycles. The van der Waals surface area contributed by atoms with Crippen LogP contribution in [-0.4, -0.2) is 42.9 Å². The third-order valence-corrected chi connectivity index (χ3v) is 3.99. The SMILES string of the molecule is C[C@H](CN1CCC1)[C@H](O)c1cc(F)c2c(c1)OCCO2. The first-order valence-electron chi connectivity index (χ1n) is 7.14. The average Bonchev–Trinajstić information content (AvgIpc) is 2.41. The van der Waals surface area contributed by atoms with Gasteiger partial charge in [0.2, 0.25) is 0 Å². The summed E-state index contributed by atoms with van der Waals surface area (Å²) in [5.74, 6) is 0.133. The first-order valence-corrected chi connectivity index (χ1v) is 7.14. The number of benzene rings is 1. The van der Waals surface area contributed by atoms with E-state index in [1.54, 1.807) is 6.07 Å². The van der Waals surface area contributed by atoms with Crippen molar-refractivity contribution in [2.75, 3.05) is 32.8 Å². The van der Waals surface area contributed by atoms with Crippen molar-refractivity contribution < 1.29 is 19.0 Å². The van der Waals surface area contributed by atoms with E-state index in [1.807, 2.05) is 6.92 Å². The molecule has 1 aromatic rings. The number of nitrogens with zero attached hydrogens (tertiary/aromatic N) is 1. The molecular weight excluding hydrogens is 261 g/mol. The molecule has 0 bridgehead atoms. The van der Waals surface area contributed by atoms with Gasteiger partial charge in [0, 0.05) is 6.54 Å². The first-order chi connectivity index (χ1) is 9.65. The summed E-state index contributed by atoms with van der Waals surface area (Å²) >= 11 is 0. The van der Waals surface area contributed by atoms with Crippen molar-refractivity contribution in [1.82, 2.24) is 4.90 Å². The van der Waals surface area contributed by atoms with Crippen LogP contribution in [-0.2, 0) is 0 Å². The number of halogens is 1. The van der Waals surface area contributed by atoms with Gasteiger partial charge in [-0.3, -0.25) is 0 Å². The molecular formula is C15H20FNO3. The number of ether oxygens (including phenoxy) is 2. The highest BCUT2D eigenvalue weighted by atomic mass is 19.1. The maximum Gasteiger partial charge on any atom is 0.197 e. The van der Waals surface area contributed by atoms with E-state index in [-0.39, 0.29) is 11.7 Å². The average molecular weight is 281 g/mol. The predicted molar refractivity (Wildman–Crippen MR) is 72.6 cm³/mol. The molecule has 1 N–H and O–H groups in total. The summed E-state index contributed by atoms with van der Waals surface area (Å²) in [6.45, 7) is 5.76. The van der Waals surface area contributed by atoms with Crippen LogP contribution >= 0.6 is 0 Å². The van der Waals surface area contributed by atoms with Crippen LogP contribution in [0.4, 0.5) is 4.39 Å². The Morgan fingerprint density at radius 1 is 1.30 bits per heavy atom. The van der Waals surface area contributed by atoms with Crippen LogP contribution < -0.4 is 9.47 Å². The molecule has 1 saturated heterocycles. The molecule has 1 aromatic carbocycles. The Labute approximate surface area is 118 Å². The summed E-state index contributed by atoms with van der Waals surface area (Å²) in [6.07, 6.45) is 0.530. The lowest BCUT2D eigenvalue weighted by atomic mass is 9.95. The fourth-order valence-electron chi connectivity index (χ4n) is 2.70. The fraction of sp³-hybridized carbons (Fsp3) is 0.600. The van der Waals surface area contributed by atoms with Crippen molar-refractivity contribution >= 4 is 0 Å². The number of aliphatic hydroxyl groups excluding tert-OH is 1. The highest BCUT2D eigenvalue weighted by molar-refractivity contribution is 5.45. The lowest BCUT2D eigenvalue weighted by Crippen LogP contribution is -2.41. The molecule has 2 aliphatic rings. The lowest BCUT2D eigenvalue weighted by Gasteiger charge is -2.34. The molecule has 2 heterocycles. The second-order valence-electron chi connectivity index (χ2n) is 5.60. The first kappa shape index (κ1) is 13.6. The van der Waals surface area contributed by atoms with Crippen molar-refractivity contribution in [3.8, 4) is 11.5 Å². The van der Waals surface area contributed by atoms with Gasteiger partial charge in [0.15, 0.2) is 17.3 Å².